The molecule has 0 N–H and O–H groups in total. The second-order valence-corrected chi connectivity index (χ2v) is 5.98. The second kappa shape index (κ2) is 7.33. The van der Waals surface area contributed by atoms with E-state index in [-0.39, 0.29) is 11.8 Å². The van der Waals surface area contributed by atoms with Gasteiger partial charge in [-0.1, -0.05) is 17.3 Å². The number of benzene rings is 1. The van der Waals surface area contributed by atoms with Crippen LogP contribution in [0.1, 0.15) is 16.1 Å². The van der Waals surface area contributed by atoms with Crippen molar-refractivity contribution in [3.05, 3.63) is 41.7 Å². The molecule has 8 nitrogen and oxygen atoms in total. The zero-order chi connectivity index (χ0) is 17.8. The Morgan fingerprint density at radius 1 is 1.08 bits per heavy atom. The van der Waals surface area contributed by atoms with Crippen LogP contribution in [0.5, 0.6) is 5.75 Å². The Kier molecular flexibility index (Phi) is 4.97. The van der Waals surface area contributed by atoms with Gasteiger partial charge in [-0.25, -0.2) is 0 Å². The number of aryl methyl sites for hydroxylation is 1. The summed E-state index contributed by atoms with van der Waals surface area (Å²) in [4.78, 5) is 28.3. The van der Waals surface area contributed by atoms with Crippen molar-refractivity contribution in [2.45, 2.75) is 6.42 Å². The average Bonchev–Trinajstić information content (AvgIpc) is 3.08. The maximum atomic E-state index is 12.4. The summed E-state index contributed by atoms with van der Waals surface area (Å²) in [5.74, 6) is 0.694. The van der Waals surface area contributed by atoms with Crippen LogP contribution >= 0.6 is 0 Å². The van der Waals surface area contributed by atoms with Crippen LogP contribution in [0.15, 0.2) is 30.5 Å². The average molecular weight is 343 g/mol. The minimum absolute atomic E-state index is 0.0665. The molecule has 0 spiro atoms. The molecule has 2 heterocycles. The monoisotopic (exact) mass is 343 g/mol. The van der Waals surface area contributed by atoms with E-state index in [1.807, 2.05) is 24.3 Å². The highest BCUT2D eigenvalue weighted by molar-refractivity contribution is 5.92. The van der Waals surface area contributed by atoms with Gasteiger partial charge in [-0.05, 0) is 17.7 Å². The van der Waals surface area contributed by atoms with E-state index in [9.17, 15) is 9.59 Å². The number of hydrogen-bond donors (Lipinski definition) is 0. The molecule has 0 bridgehead atoms. The van der Waals surface area contributed by atoms with Crippen LogP contribution in [-0.2, 0) is 18.3 Å². The molecule has 1 aromatic carbocycles. The SMILES string of the molecule is COc1ccc(CC(=O)N2CCN(C(=O)c3cn(C)nn3)CC2)cc1. The van der Waals surface area contributed by atoms with Gasteiger partial charge in [0, 0.05) is 33.2 Å². The van der Waals surface area contributed by atoms with E-state index in [1.165, 1.54) is 4.68 Å². The standard InChI is InChI=1S/C17H21N5O3/c1-20-12-15(18-19-20)17(24)22-9-7-21(8-10-22)16(23)11-13-3-5-14(25-2)6-4-13/h3-6,12H,7-11H2,1-2H3. The smallest absolute Gasteiger partial charge is 0.276 e. The van der Waals surface area contributed by atoms with Crippen LogP contribution < -0.4 is 4.74 Å². The number of piperazine rings is 1. The first-order chi connectivity index (χ1) is 12.1. The third-order valence-corrected chi connectivity index (χ3v) is 4.26. The molecule has 2 aromatic rings. The molecule has 0 unspecified atom stereocenters. The van der Waals surface area contributed by atoms with Gasteiger partial charge in [0.2, 0.25) is 5.91 Å². The fourth-order valence-electron chi connectivity index (χ4n) is 2.80. The lowest BCUT2D eigenvalue weighted by atomic mass is 10.1. The number of rotatable bonds is 4. The van der Waals surface area contributed by atoms with Crippen LogP contribution in [0.4, 0.5) is 0 Å². The lowest BCUT2D eigenvalue weighted by molar-refractivity contribution is -0.131. The van der Waals surface area contributed by atoms with Gasteiger partial charge in [-0.15, -0.1) is 5.10 Å². The van der Waals surface area contributed by atoms with Gasteiger partial charge in [-0.2, -0.15) is 0 Å². The van der Waals surface area contributed by atoms with Crippen LogP contribution in [0.2, 0.25) is 0 Å². The molecule has 1 aliphatic heterocycles. The van der Waals surface area contributed by atoms with Crippen LogP contribution in [0.25, 0.3) is 0 Å². The predicted octanol–water partition coefficient (Wildman–Crippen LogP) is 0.351. The fourth-order valence-corrected chi connectivity index (χ4v) is 2.80. The summed E-state index contributed by atoms with van der Waals surface area (Å²) in [6, 6.07) is 7.48. The van der Waals surface area contributed by atoms with E-state index in [0.29, 0.717) is 38.3 Å². The Bertz CT molecular complexity index is 748. The third kappa shape index (κ3) is 3.96. The van der Waals surface area contributed by atoms with E-state index in [2.05, 4.69) is 10.3 Å². The van der Waals surface area contributed by atoms with Crippen molar-refractivity contribution in [2.75, 3.05) is 33.3 Å². The van der Waals surface area contributed by atoms with E-state index >= 15 is 0 Å². The minimum atomic E-state index is -0.143. The van der Waals surface area contributed by atoms with Gasteiger partial charge >= 0.3 is 0 Å². The predicted molar refractivity (Wildman–Crippen MR) is 90.2 cm³/mol. The zero-order valence-electron chi connectivity index (χ0n) is 14.4. The lowest BCUT2D eigenvalue weighted by Gasteiger charge is -2.34. The lowest BCUT2D eigenvalue weighted by Crippen LogP contribution is -2.51. The van der Waals surface area contributed by atoms with Gasteiger partial charge in [0.1, 0.15) is 5.75 Å². The summed E-state index contributed by atoms with van der Waals surface area (Å²) in [5.41, 5.74) is 1.28. The number of carbonyl (C=O) groups excluding carboxylic acids is 2. The van der Waals surface area contributed by atoms with E-state index in [1.54, 1.807) is 30.2 Å². The maximum absolute atomic E-state index is 12.4. The largest absolute Gasteiger partial charge is 0.497 e. The Morgan fingerprint density at radius 3 is 2.28 bits per heavy atom. The van der Waals surface area contributed by atoms with Crippen LogP contribution in [0, 0.1) is 0 Å². The van der Waals surface area contributed by atoms with Crippen molar-refractivity contribution < 1.29 is 14.3 Å². The number of amides is 2. The Morgan fingerprint density at radius 2 is 1.72 bits per heavy atom. The van der Waals surface area contributed by atoms with Crippen molar-refractivity contribution >= 4 is 11.8 Å². The Balaban J connectivity index is 1.52. The molecule has 1 fully saturated rings. The summed E-state index contributed by atoms with van der Waals surface area (Å²) >= 11 is 0. The zero-order valence-corrected chi connectivity index (χ0v) is 14.4. The highest BCUT2D eigenvalue weighted by Gasteiger charge is 2.26. The van der Waals surface area contributed by atoms with E-state index in [0.717, 1.165) is 11.3 Å². The van der Waals surface area contributed by atoms with Crippen LogP contribution in [-0.4, -0.2) is 69.9 Å². The Labute approximate surface area is 146 Å². The van der Waals surface area contributed by atoms with Crippen molar-refractivity contribution in [1.82, 2.24) is 24.8 Å². The second-order valence-electron chi connectivity index (χ2n) is 5.98. The number of carbonyl (C=O) groups is 2. The fraction of sp³-hybridized carbons (Fsp3) is 0.412. The first kappa shape index (κ1) is 16.9. The van der Waals surface area contributed by atoms with Crippen LogP contribution in [0.3, 0.4) is 0 Å². The topological polar surface area (TPSA) is 80.6 Å². The molecular formula is C17H21N5O3. The molecule has 132 valence electrons. The first-order valence-corrected chi connectivity index (χ1v) is 8.13. The molecule has 1 aromatic heterocycles. The summed E-state index contributed by atoms with van der Waals surface area (Å²) in [5, 5.41) is 7.63. The minimum Gasteiger partial charge on any atom is -0.497 e. The highest BCUT2D eigenvalue weighted by atomic mass is 16.5. The number of aromatic nitrogens is 3. The molecule has 0 saturated carbocycles. The van der Waals surface area contributed by atoms with Gasteiger partial charge in [0.05, 0.1) is 19.7 Å². The molecular weight excluding hydrogens is 322 g/mol. The number of hydrogen-bond acceptors (Lipinski definition) is 5. The van der Waals surface area contributed by atoms with Gasteiger partial charge in [0.15, 0.2) is 5.69 Å². The van der Waals surface area contributed by atoms with Crippen molar-refractivity contribution in [1.29, 1.82) is 0 Å². The summed E-state index contributed by atoms with van der Waals surface area (Å²) in [6.45, 7) is 2.06. The van der Waals surface area contributed by atoms with E-state index < -0.39 is 0 Å². The summed E-state index contributed by atoms with van der Waals surface area (Å²) < 4.78 is 6.62. The maximum Gasteiger partial charge on any atom is 0.276 e. The molecule has 1 saturated heterocycles. The number of methoxy groups -OCH3 is 1. The number of ether oxygens (including phenoxy) is 1. The third-order valence-electron chi connectivity index (χ3n) is 4.26. The molecule has 3 rings (SSSR count). The molecule has 8 heteroatoms. The van der Waals surface area contributed by atoms with E-state index in [4.69, 9.17) is 4.74 Å². The number of nitrogens with zero attached hydrogens (tertiary/aromatic N) is 5. The van der Waals surface area contributed by atoms with Crippen molar-refractivity contribution in [2.24, 2.45) is 7.05 Å². The normalized spacial score (nSPS) is 14.5. The molecule has 0 radical (unpaired) electrons. The summed E-state index contributed by atoms with van der Waals surface area (Å²) in [7, 11) is 3.33. The highest BCUT2D eigenvalue weighted by Crippen LogP contribution is 2.13. The molecule has 0 atom stereocenters. The van der Waals surface area contributed by atoms with Gasteiger partial charge in [0.25, 0.3) is 5.91 Å². The molecule has 2 amide bonds. The van der Waals surface area contributed by atoms with Crippen molar-refractivity contribution in [3.63, 3.8) is 0 Å². The first-order valence-electron chi connectivity index (χ1n) is 8.13. The molecule has 1 aliphatic rings. The molecule has 25 heavy (non-hydrogen) atoms. The quantitative estimate of drug-likeness (QED) is 0.800. The molecule has 0 aliphatic carbocycles. The van der Waals surface area contributed by atoms with Crippen molar-refractivity contribution in [3.8, 4) is 5.75 Å². The van der Waals surface area contributed by atoms with Gasteiger partial charge in [-0.3, -0.25) is 14.3 Å². The summed E-state index contributed by atoms with van der Waals surface area (Å²) in [6.07, 6.45) is 1.95. The van der Waals surface area contributed by atoms with Gasteiger partial charge < -0.3 is 14.5 Å². The Hall–Kier alpha value is -2.90.